The molecule has 0 aliphatic rings. The van der Waals surface area contributed by atoms with Crippen LogP contribution in [0.4, 0.5) is 17.3 Å². The van der Waals surface area contributed by atoms with Gasteiger partial charge in [-0.1, -0.05) is 55.2 Å². The average Bonchev–Trinajstić information content (AvgIpc) is 2.42. The first-order valence-corrected chi connectivity index (χ1v) is 7.18. The van der Waals surface area contributed by atoms with Gasteiger partial charge in [-0.25, -0.2) is 4.98 Å². The van der Waals surface area contributed by atoms with Gasteiger partial charge in [-0.2, -0.15) is 0 Å². The highest BCUT2D eigenvalue weighted by Crippen LogP contribution is 2.33. The topological polar surface area (TPSA) is 37.0 Å². The van der Waals surface area contributed by atoms with Crippen molar-refractivity contribution >= 4 is 40.5 Å². The molecule has 20 heavy (non-hydrogen) atoms. The van der Waals surface area contributed by atoms with Gasteiger partial charge in [-0.15, -0.1) is 0 Å². The number of anilines is 3. The first-order chi connectivity index (χ1) is 9.52. The monoisotopic (exact) mass is 309 g/mol. The summed E-state index contributed by atoms with van der Waals surface area (Å²) >= 11 is 12.3. The van der Waals surface area contributed by atoms with Gasteiger partial charge in [0.05, 0.1) is 10.0 Å². The smallest absolute Gasteiger partial charge is 0.151 e. The van der Waals surface area contributed by atoms with Crippen LogP contribution in [0.2, 0.25) is 10.0 Å². The van der Waals surface area contributed by atoms with E-state index in [0.29, 0.717) is 27.6 Å². The summed E-state index contributed by atoms with van der Waals surface area (Å²) in [5.41, 5.74) is 2.22. The Morgan fingerprint density at radius 1 is 1.05 bits per heavy atom. The molecule has 0 aliphatic carbocycles. The maximum atomic E-state index is 6.20. The Hall–Kier alpha value is -1.45. The molecular weight excluding hydrogens is 293 g/mol. The minimum Gasteiger partial charge on any atom is -0.372 e. The van der Waals surface area contributed by atoms with E-state index >= 15 is 0 Å². The molecule has 1 aromatic heterocycles. The Balaban J connectivity index is 2.40. The molecule has 3 nitrogen and oxygen atoms in total. The van der Waals surface area contributed by atoms with Crippen LogP contribution in [0.3, 0.4) is 0 Å². The quantitative estimate of drug-likeness (QED) is 0.805. The summed E-state index contributed by atoms with van der Waals surface area (Å²) in [7, 11) is 1.77. The van der Waals surface area contributed by atoms with E-state index in [4.69, 9.17) is 23.2 Å². The van der Waals surface area contributed by atoms with E-state index in [1.54, 1.807) is 13.1 Å². The number of pyridine rings is 1. The van der Waals surface area contributed by atoms with Crippen LogP contribution in [0.1, 0.15) is 25.3 Å². The molecule has 0 fully saturated rings. The maximum absolute atomic E-state index is 6.20. The van der Waals surface area contributed by atoms with Crippen LogP contribution in [0.15, 0.2) is 30.3 Å². The standard InChI is InChI=1S/C15H17Cl2N3/c1-9(2)10-6-4-5-7-13(10)19-15-12(17)8-11(16)14(18-3)20-15/h4-9H,1-3H3,(H2,18,19,20). The van der Waals surface area contributed by atoms with E-state index in [0.717, 1.165) is 5.69 Å². The molecule has 0 saturated carbocycles. The highest BCUT2D eigenvalue weighted by molar-refractivity contribution is 6.37. The van der Waals surface area contributed by atoms with Gasteiger partial charge < -0.3 is 10.6 Å². The zero-order chi connectivity index (χ0) is 14.7. The Morgan fingerprint density at radius 3 is 2.35 bits per heavy atom. The third kappa shape index (κ3) is 3.17. The minimum atomic E-state index is 0.411. The fourth-order valence-electron chi connectivity index (χ4n) is 1.97. The van der Waals surface area contributed by atoms with E-state index < -0.39 is 0 Å². The third-order valence-corrected chi connectivity index (χ3v) is 3.58. The van der Waals surface area contributed by atoms with Crippen molar-refractivity contribution in [2.75, 3.05) is 17.7 Å². The van der Waals surface area contributed by atoms with E-state index in [1.165, 1.54) is 5.56 Å². The van der Waals surface area contributed by atoms with E-state index in [1.807, 2.05) is 18.2 Å². The van der Waals surface area contributed by atoms with Crippen molar-refractivity contribution in [2.45, 2.75) is 19.8 Å². The lowest BCUT2D eigenvalue weighted by Gasteiger charge is -2.15. The molecular formula is C15H17Cl2N3. The first kappa shape index (κ1) is 14.9. The largest absolute Gasteiger partial charge is 0.372 e. The highest BCUT2D eigenvalue weighted by Gasteiger charge is 2.11. The molecule has 0 amide bonds. The molecule has 5 heteroatoms. The molecule has 0 atom stereocenters. The van der Waals surface area contributed by atoms with Crippen molar-refractivity contribution in [3.05, 3.63) is 45.9 Å². The second-order valence-corrected chi connectivity index (χ2v) is 5.58. The summed E-state index contributed by atoms with van der Waals surface area (Å²) in [6.45, 7) is 4.30. The second-order valence-electron chi connectivity index (χ2n) is 4.77. The van der Waals surface area contributed by atoms with Gasteiger partial charge in [0.1, 0.15) is 5.82 Å². The fourth-order valence-corrected chi connectivity index (χ4v) is 2.47. The van der Waals surface area contributed by atoms with E-state index in [-0.39, 0.29) is 0 Å². The Kier molecular flexibility index (Phi) is 4.73. The van der Waals surface area contributed by atoms with Crippen molar-refractivity contribution in [3.8, 4) is 0 Å². The van der Waals surface area contributed by atoms with Crippen LogP contribution in [-0.4, -0.2) is 12.0 Å². The molecule has 0 unspecified atom stereocenters. The van der Waals surface area contributed by atoms with Crippen molar-refractivity contribution < 1.29 is 0 Å². The highest BCUT2D eigenvalue weighted by atomic mass is 35.5. The Bertz CT molecular complexity index is 612. The van der Waals surface area contributed by atoms with Gasteiger partial charge >= 0.3 is 0 Å². The van der Waals surface area contributed by atoms with Crippen LogP contribution >= 0.6 is 23.2 Å². The van der Waals surface area contributed by atoms with Gasteiger partial charge in [0.15, 0.2) is 5.82 Å². The zero-order valence-corrected chi connectivity index (χ0v) is 13.2. The summed E-state index contributed by atoms with van der Waals surface area (Å²) in [4.78, 5) is 4.40. The molecule has 0 radical (unpaired) electrons. The van der Waals surface area contributed by atoms with Crippen LogP contribution in [0.25, 0.3) is 0 Å². The summed E-state index contributed by atoms with van der Waals surface area (Å²) < 4.78 is 0. The van der Waals surface area contributed by atoms with Gasteiger partial charge in [-0.05, 0) is 23.6 Å². The number of rotatable bonds is 4. The lowest BCUT2D eigenvalue weighted by Crippen LogP contribution is -2.02. The zero-order valence-electron chi connectivity index (χ0n) is 11.7. The Morgan fingerprint density at radius 2 is 1.70 bits per heavy atom. The Labute approximate surface area is 129 Å². The first-order valence-electron chi connectivity index (χ1n) is 6.42. The van der Waals surface area contributed by atoms with Crippen molar-refractivity contribution in [3.63, 3.8) is 0 Å². The predicted octanol–water partition coefficient (Wildman–Crippen LogP) is 5.30. The number of aromatic nitrogens is 1. The molecule has 1 heterocycles. The summed E-state index contributed by atoms with van der Waals surface area (Å²) in [5.74, 6) is 1.60. The average molecular weight is 310 g/mol. The van der Waals surface area contributed by atoms with E-state index in [2.05, 4.69) is 35.5 Å². The van der Waals surface area contributed by atoms with Gasteiger partial charge in [0, 0.05) is 12.7 Å². The van der Waals surface area contributed by atoms with Crippen LogP contribution in [0, 0.1) is 0 Å². The molecule has 0 saturated heterocycles. The summed E-state index contributed by atoms with van der Waals surface area (Å²) in [5, 5.41) is 7.22. The molecule has 0 spiro atoms. The van der Waals surface area contributed by atoms with Crippen LogP contribution in [-0.2, 0) is 0 Å². The molecule has 2 N–H and O–H groups in total. The lowest BCUT2D eigenvalue weighted by atomic mass is 10.0. The SMILES string of the molecule is CNc1nc(Nc2ccccc2C(C)C)c(Cl)cc1Cl. The summed E-state index contributed by atoms with van der Waals surface area (Å²) in [6, 6.07) is 9.80. The van der Waals surface area contributed by atoms with Crippen molar-refractivity contribution in [1.82, 2.24) is 4.98 Å². The van der Waals surface area contributed by atoms with Gasteiger partial charge in [0.25, 0.3) is 0 Å². The number of nitrogens with one attached hydrogen (secondary N) is 2. The molecule has 0 aliphatic heterocycles. The molecule has 0 bridgehead atoms. The number of para-hydroxylation sites is 1. The molecule has 106 valence electrons. The van der Waals surface area contributed by atoms with Gasteiger partial charge in [0.2, 0.25) is 0 Å². The number of hydrogen-bond acceptors (Lipinski definition) is 3. The van der Waals surface area contributed by atoms with Crippen molar-refractivity contribution in [1.29, 1.82) is 0 Å². The molecule has 1 aromatic carbocycles. The maximum Gasteiger partial charge on any atom is 0.151 e. The molecule has 2 aromatic rings. The number of hydrogen-bond donors (Lipinski definition) is 2. The third-order valence-electron chi connectivity index (χ3n) is 3.00. The van der Waals surface area contributed by atoms with E-state index in [9.17, 15) is 0 Å². The fraction of sp³-hybridized carbons (Fsp3) is 0.267. The van der Waals surface area contributed by atoms with Crippen LogP contribution in [0.5, 0.6) is 0 Å². The molecule has 2 rings (SSSR count). The number of benzene rings is 1. The number of nitrogens with zero attached hydrogens (tertiary/aromatic N) is 1. The van der Waals surface area contributed by atoms with Crippen molar-refractivity contribution in [2.24, 2.45) is 0 Å². The van der Waals surface area contributed by atoms with Crippen LogP contribution < -0.4 is 10.6 Å². The predicted molar refractivity (Wildman–Crippen MR) is 87.6 cm³/mol. The summed E-state index contributed by atoms with van der Waals surface area (Å²) in [6.07, 6.45) is 0. The lowest BCUT2D eigenvalue weighted by molar-refractivity contribution is 0.869. The minimum absolute atomic E-state index is 0.411. The second kappa shape index (κ2) is 6.33. The van der Waals surface area contributed by atoms with Gasteiger partial charge in [-0.3, -0.25) is 0 Å². The normalized spacial score (nSPS) is 10.7. The number of halogens is 2.